The molecule has 2 aromatic rings. The Bertz CT molecular complexity index is 1000. The number of carbonyl (C=O) groups excluding carboxylic acids is 3. The van der Waals surface area contributed by atoms with E-state index in [1.807, 2.05) is 30.3 Å². The Morgan fingerprint density at radius 1 is 1.17 bits per heavy atom. The van der Waals surface area contributed by atoms with Crippen LogP contribution in [0, 0.1) is 6.92 Å². The minimum Gasteiger partial charge on any atom is -0.481 e. The van der Waals surface area contributed by atoms with Gasteiger partial charge in [0.1, 0.15) is 18.0 Å². The van der Waals surface area contributed by atoms with E-state index >= 15 is 0 Å². The SMILES string of the molecule is CC(=O)N(C(C=O)CC(=O)O)n1c(C)ccc(NC(=O)CCc2ccccc2)c1=O. The molecule has 1 atom stereocenters. The topological polar surface area (TPSA) is 126 Å². The Morgan fingerprint density at radius 3 is 2.40 bits per heavy atom. The molecule has 0 radical (unpaired) electrons. The van der Waals surface area contributed by atoms with E-state index in [4.69, 9.17) is 5.11 Å². The van der Waals surface area contributed by atoms with Crippen molar-refractivity contribution >= 4 is 29.8 Å². The summed E-state index contributed by atoms with van der Waals surface area (Å²) >= 11 is 0. The van der Waals surface area contributed by atoms with Crippen LogP contribution in [0.2, 0.25) is 0 Å². The van der Waals surface area contributed by atoms with Crippen LogP contribution in [0.3, 0.4) is 0 Å². The Kier molecular flexibility index (Phi) is 7.62. The van der Waals surface area contributed by atoms with Crippen molar-refractivity contribution in [2.45, 2.75) is 39.2 Å². The fourth-order valence-corrected chi connectivity index (χ4v) is 2.99. The third-order valence-corrected chi connectivity index (χ3v) is 4.40. The lowest BCUT2D eigenvalue weighted by Crippen LogP contribution is -2.54. The third kappa shape index (κ3) is 5.63. The summed E-state index contributed by atoms with van der Waals surface area (Å²) in [5.74, 6) is -2.38. The highest BCUT2D eigenvalue weighted by Crippen LogP contribution is 2.10. The van der Waals surface area contributed by atoms with Crippen LogP contribution in [0.1, 0.15) is 31.0 Å². The van der Waals surface area contributed by atoms with E-state index < -0.39 is 35.8 Å². The van der Waals surface area contributed by atoms with Crippen LogP contribution < -0.4 is 15.9 Å². The van der Waals surface area contributed by atoms with Gasteiger partial charge in [0.25, 0.3) is 5.56 Å². The number of aliphatic carboxylic acids is 1. The molecule has 1 heterocycles. The zero-order chi connectivity index (χ0) is 22.3. The van der Waals surface area contributed by atoms with E-state index in [9.17, 15) is 24.0 Å². The van der Waals surface area contributed by atoms with Crippen LogP contribution in [0.4, 0.5) is 5.69 Å². The van der Waals surface area contributed by atoms with Gasteiger partial charge in [-0.2, -0.15) is 0 Å². The Labute approximate surface area is 172 Å². The van der Waals surface area contributed by atoms with E-state index in [1.165, 1.54) is 19.1 Å². The van der Waals surface area contributed by atoms with Gasteiger partial charge in [-0.15, -0.1) is 0 Å². The summed E-state index contributed by atoms with van der Waals surface area (Å²) in [7, 11) is 0. The number of amides is 2. The molecule has 0 saturated heterocycles. The first kappa shape index (κ1) is 22.5. The number of rotatable bonds is 9. The average molecular weight is 413 g/mol. The second-order valence-electron chi connectivity index (χ2n) is 6.70. The number of pyridine rings is 1. The molecule has 9 heteroatoms. The highest BCUT2D eigenvalue weighted by molar-refractivity contribution is 5.92. The van der Waals surface area contributed by atoms with Gasteiger partial charge in [-0.1, -0.05) is 30.3 Å². The van der Waals surface area contributed by atoms with Crippen LogP contribution in [-0.2, 0) is 25.6 Å². The number of benzene rings is 1. The Morgan fingerprint density at radius 2 is 1.83 bits per heavy atom. The van der Waals surface area contributed by atoms with Gasteiger partial charge in [0.05, 0.1) is 6.42 Å². The number of aryl methyl sites for hydroxylation is 2. The highest BCUT2D eigenvalue weighted by atomic mass is 16.4. The molecular formula is C21H23N3O6. The fourth-order valence-electron chi connectivity index (χ4n) is 2.99. The standard InChI is InChI=1S/C21H23N3O6/c1-14-8-10-18(22-19(27)11-9-16-6-4-3-5-7-16)21(30)23(14)24(15(2)26)17(13-25)12-20(28)29/h3-8,10,13,17H,9,11-12H2,1-2H3,(H,22,27)(H,28,29). The van der Waals surface area contributed by atoms with Crippen LogP contribution >= 0.6 is 0 Å². The summed E-state index contributed by atoms with van der Waals surface area (Å²) < 4.78 is 0.914. The molecule has 0 aliphatic carbocycles. The summed E-state index contributed by atoms with van der Waals surface area (Å²) in [5, 5.41) is 12.3. The van der Waals surface area contributed by atoms with Gasteiger partial charge in [-0.3, -0.25) is 19.2 Å². The largest absolute Gasteiger partial charge is 0.481 e. The third-order valence-electron chi connectivity index (χ3n) is 4.40. The highest BCUT2D eigenvalue weighted by Gasteiger charge is 2.27. The van der Waals surface area contributed by atoms with Crippen molar-refractivity contribution in [2.75, 3.05) is 10.3 Å². The van der Waals surface area contributed by atoms with Crippen molar-refractivity contribution in [3.8, 4) is 0 Å². The molecule has 0 saturated carbocycles. The molecule has 0 aliphatic heterocycles. The zero-order valence-corrected chi connectivity index (χ0v) is 16.7. The minimum atomic E-state index is -1.37. The number of aldehydes is 1. The molecule has 1 unspecified atom stereocenters. The predicted octanol–water partition coefficient (Wildman–Crippen LogP) is 1.25. The minimum absolute atomic E-state index is 0.0788. The van der Waals surface area contributed by atoms with Gasteiger partial charge in [-0.25, -0.2) is 9.69 Å². The van der Waals surface area contributed by atoms with Crippen LogP contribution in [0.25, 0.3) is 0 Å². The second kappa shape index (κ2) is 10.1. The van der Waals surface area contributed by atoms with Crippen molar-refractivity contribution in [2.24, 2.45) is 0 Å². The van der Waals surface area contributed by atoms with Crippen molar-refractivity contribution in [3.05, 3.63) is 64.1 Å². The molecule has 0 bridgehead atoms. The predicted molar refractivity (Wildman–Crippen MR) is 110 cm³/mol. The van der Waals surface area contributed by atoms with Gasteiger partial charge >= 0.3 is 5.97 Å². The number of nitrogens with zero attached hydrogens (tertiary/aromatic N) is 2. The number of anilines is 1. The van der Waals surface area contributed by atoms with E-state index in [2.05, 4.69) is 5.32 Å². The first-order valence-electron chi connectivity index (χ1n) is 9.28. The molecular weight excluding hydrogens is 390 g/mol. The molecule has 30 heavy (non-hydrogen) atoms. The van der Waals surface area contributed by atoms with E-state index in [-0.39, 0.29) is 12.1 Å². The van der Waals surface area contributed by atoms with Crippen LogP contribution in [0.5, 0.6) is 0 Å². The molecule has 2 N–H and O–H groups in total. The maximum atomic E-state index is 12.9. The summed E-state index contributed by atoms with van der Waals surface area (Å²) in [6.07, 6.45) is 0.261. The van der Waals surface area contributed by atoms with Crippen molar-refractivity contribution in [1.82, 2.24) is 4.68 Å². The van der Waals surface area contributed by atoms with E-state index in [0.717, 1.165) is 22.2 Å². The molecule has 2 rings (SSSR count). The average Bonchev–Trinajstić information content (AvgIpc) is 2.70. The van der Waals surface area contributed by atoms with E-state index in [1.54, 1.807) is 0 Å². The lowest BCUT2D eigenvalue weighted by molar-refractivity contribution is -0.138. The number of hydrogen-bond donors (Lipinski definition) is 2. The van der Waals surface area contributed by atoms with Gasteiger partial charge in [0.2, 0.25) is 11.8 Å². The summed E-state index contributed by atoms with van der Waals surface area (Å²) in [5.41, 5.74) is 0.453. The van der Waals surface area contributed by atoms with Crippen molar-refractivity contribution in [1.29, 1.82) is 0 Å². The molecule has 1 aromatic carbocycles. The number of carboxylic acid groups (broad SMARTS) is 1. The molecule has 9 nitrogen and oxygen atoms in total. The van der Waals surface area contributed by atoms with Crippen LogP contribution in [0.15, 0.2) is 47.3 Å². The number of carboxylic acids is 1. The normalized spacial score (nSPS) is 11.4. The maximum Gasteiger partial charge on any atom is 0.305 e. The zero-order valence-electron chi connectivity index (χ0n) is 16.7. The Balaban J connectivity index is 2.29. The molecule has 2 amide bonds. The quantitative estimate of drug-likeness (QED) is 0.596. The van der Waals surface area contributed by atoms with Gasteiger partial charge in [0.15, 0.2) is 0 Å². The molecule has 0 spiro atoms. The van der Waals surface area contributed by atoms with Crippen molar-refractivity contribution < 1.29 is 24.3 Å². The second-order valence-corrected chi connectivity index (χ2v) is 6.70. The van der Waals surface area contributed by atoms with Crippen molar-refractivity contribution in [3.63, 3.8) is 0 Å². The number of nitrogens with one attached hydrogen (secondary N) is 1. The number of hydrogen-bond acceptors (Lipinski definition) is 5. The lowest BCUT2D eigenvalue weighted by atomic mass is 10.1. The van der Waals surface area contributed by atoms with E-state index in [0.29, 0.717) is 18.4 Å². The number of aromatic nitrogens is 1. The lowest BCUT2D eigenvalue weighted by Gasteiger charge is -2.29. The first-order valence-corrected chi connectivity index (χ1v) is 9.28. The van der Waals surface area contributed by atoms with Crippen LogP contribution in [-0.4, -0.2) is 39.9 Å². The monoisotopic (exact) mass is 413 g/mol. The van der Waals surface area contributed by atoms with Gasteiger partial charge < -0.3 is 15.2 Å². The molecule has 0 fully saturated rings. The summed E-state index contributed by atoms with van der Waals surface area (Å²) in [6.45, 7) is 2.65. The van der Waals surface area contributed by atoms with Gasteiger partial charge in [-0.05, 0) is 31.0 Å². The molecule has 158 valence electrons. The fraction of sp³-hybridized carbons (Fsp3) is 0.286. The number of carbonyl (C=O) groups is 4. The first-order chi connectivity index (χ1) is 14.2. The van der Waals surface area contributed by atoms with Gasteiger partial charge in [0, 0.05) is 19.0 Å². The molecule has 1 aromatic heterocycles. The smallest absolute Gasteiger partial charge is 0.305 e. The summed E-state index contributed by atoms with van der Waals surface area (Å²) in [6, 6.07) is 10.9. The Hall–Kier alpha value is -3.75. The summed E-state index contributed by atoms with van der Waals surface area (Å²) in [4.78, 5) is 59.9. The molecule has 0 aliphatic rings. The maximum absolute atomic E-state index is 12.9.